The quantitative estimate of drug-likeness (QED) is 0.711. The Bertz CT molecular complexity index is 1150. The van der Waals surface area contributed by atoms with Crippen LogP contribution < -0.4 is 19.5 Å². The molecule has 158 valence electrons. The minimum atomic E-state index is -3.93. The summed E-state index contributed by atoms with van der Waals surface area (Å²) in [5.74, 6) is -1.13. The number of benzene rings is 2. The van der Waals surface area contributed by atoms with Gasteiger partial charge in [-0.2, -0.15) is 0 Å². The SMILES string of the molecule is COc1ccc(C2C(C(C)=O)=C(O)C(=O)N2c2ccc(S(N)(=O)=O)cc2)c(OC)c1. The number of rotatable bonds is 6. The van der Waals surface area contributed by atoms with E-state index in [0.717, 1.165) is 0 Å². The lowest BCUT2D eigenvalue weighted by molar-refractivity contribution is -0.117. The van der Waals surface area contributed by atoms with E-state index in [1.54, 1.807) is 18.2 Å². The van der Waals surface area contributed by atoms with Crippen LogP contribution >= 0.6 is 0 Å². The summed E-state index contributed by atoms with van der Waals surface area (Å²) >= 11 is 0. The number of ketones is 1. The topological polar surface area (TPSA) is 136 Å². The Hall–Kier alpha value is -3.37. The molecule has 1 heterocycles. The smallest absolute Gasteiger partial charge is 0.294 e. The number of methoxy groups -OCH3 is 2. The number of Topliss-reactive ketones (excluding diaryl/α,β-unsaturated/α-hetero) is 1. The van der Waals surface area contributed by atoms with Gasteiger partial charge in [0.2, 0.25) is 10.0 Å². The van der Waals surface area contributed by atoms with Gasteiger partial charge in [0.1, 0.15) is 11.5 Å². The maximum atomic E-state index is 12.9. The summed E-state index contributed by atoms with van der Waals surface area (Å²) in [6.45, 7) is 1.25. The normalized spacial score (nSPS) is 16.7. The Morgan fingerprint density at radius 2 is 1.73 bits per heavy atom. The van der Waals surface area contributed by atoms with E-state index in [2.05, 4.69) is 0 Å². The summed E-state index contributed by atoms with van der Waals surface area (Å²) in [4.78, 5) is 26.2. The van der Waals surface area contributed by atoms with Gasteiger partial charge in [0.05, 0.1) is 30.7 Å². The number of primary sulfonamides is 1. The lowest BCUT2D eigenvalue weighted by Gasteiger charge is -2.28. The van der Waals surface area contributed by atoms with Crippen molar-refractivity contribution in [2.24, 2.45) is 5.14 Å². The van der Waals surface area contributed by atoms with E-state index >= 15 is 0 Å². The third kappa shape index (κ3) is 3.62. The van der Waals surface area contributed by atoms with Gasteiger partial charge < -0.3 is 14.6 Å². The fourth-order valence-electron chi connectivity index (χ4n) is 3.37. The van der Waals surface area contributed by atoms with Crippen molar-refractivity contribution in [3.63, 3.8) is 0 Å². The number of nitrogens with zero attached hydrogens (tertiary/aromatic N) is 1. The zero-order valence-corrected chi connectivity index (χ0v) is 17.3. The molecule has 1 aliphatic rings. The van der Waals surface area contributed by atoms with Crippen LogP contribution in [0.4, 0.5) is 5.69 Å². The molecule has 0 aliphatic carbocycles. The molecule has 0 fully saturated rings. The highest BCUT2D eigenvalue weighted by molar-refractivity contribution is 7.89. The van der Waals surface area contributed by atoms with Crippen LogP contribution in [0.5, 0.6) is 11.5 Å². The van der Waals surface area contributed by atoms with Gasteiger partial charge in [-0.15, -0.1) is 0 Å². The maximum Gasteiger partial charge on any atom is 0.294 e. The molecule has 9 nitrogen and oxygen atoms in total. The second kappa shape index (κ2) is 7.81. The number of aliphatic hydroxyl groups is 1. The van der Waals surface area contributed by atoms with E-state index in [9.17, 15) is 23.1 Å². The maximum absolute atomic E-state index is 12.9. The molecule has 3 rings (SSSR count). The Kier molecular flexibility index (Phi) is 5.55. The summed E-state index contributed by atoms with van der Waals surface area (Å²) < 4.78 is 33.7. The zero-order valence-electron chi connectivity index (χ0n) is 16.4. The highest BCUT2D eigenvalue weighted by Crippen LogP contribution is 2.44. The molecular formula is C20H20N2O7S. The fraction of sp³-hybridized carbons (Fsp3) is 0.200. The van der Waals surface area contributed by atoms with E-state index in [1.807, 2.05) is 0 Å². The monoisotopic (exact) mass is 432 g/mol. The van der Waals surface area contributed by atoms with Gasteiger partial charge in [0.15, 0.2) is 11.5 Å². The van der Waals surface area contributed by atoms with E-state index in [4.69, 9.17) is 14.6 Å². The molecule has 0 spiro atoms. The van der Waals surface area contributed by atoms with Gasteiger partial charge in [0.25, 0.3) is 5.91 Å². The van der Waals surface area contributed by atoms with Crippen molar-refractivity contribution in [2.45, 2.75) is 17.9 Å². The molecule has 0 radical (unpaired) electrons. The highest BCUT2D eigenvalue weighted by atomic mass is 32.2. The van der Waals surface area contributed by atoms with Gasteiger partial charge in [-0.05, 0) is 43.3 Å². The standard InChI is InChI=1S/C20H20N2O7S/c1-11(23)17-18(15-9-6-13(28-2)10-16(15)29-3)22(20(25)19(17)24)12-4-7-14(8-5-12)30(21,26)27/h4-10,18,24H,1-3H3,(H2,21,26,27). The minimum Gasteiger partial charge on any atom is -0.503 e. The molecule has 2 aromatic carbocycles. The first kappa shape index (κ1) is 21.3. The number of carbonyl (C=O) groups excluding carboxylic acids is 2. The van der Waals surface area contributed by atoms with Crippen molar-refractivity contribution in [1.29, 1.82) is 0 Å². The molecular weight excluding hydrogens is 412 g/mol. The lowest BCUT2D eigenvalue weighted by atomic mass is 9.95. The number of anilines is 1. The molecule has 1 unspecified atom stereocenters. The number of amides is 1. The first-order chi connectivity index (χ1) is 14.1. The molecule has 1 amide bonds. The molecule has 3 N–H and O–H groups in total. The molecule has 10 heteroatoms. The predicted molar refractivity (Wildman–Crippen MR) is 108 cm³/mol. The number of hydrogen-bond donors (Lipinski definition) is 2. The van der Waals surface area contributed by atoms with Crippen LogP contribution in [0, 0.1) is 0 Å². The van der Waals surface area contributed by atoms with Crippen LogP contribution in [0.25, 0.3) is 0 Å². The fourth-order valence-corrected chi connectivity index (χ4v) is 3.88. The molecule has 2 aromatic rings. The van der Waals surface area contributed by atoms with Crippen molar-refractivity contribution in [3.8, 4) is 11.5 Å². The second-order valence-corrected chi connectivity index (χ2v) is 8.10. The summed E-state index contributed by atoms with van der Waals surface area (Å²) in [6, 6.07) is 9.09. The van der Waals surface area contributed by atoms with Gasteiger partial charge in [0, 0.05) is 17.3 Å². The highest BCUT2D eigenvalue weighted by Gasteiger charge is 2.44. The van der Waals surface area contributed by atoms with Crippen LogP contribution in [-0.2, 0) is 19.6 Å². The van der Waals surface area contributed by atoms with Crippen LogP contribution in [0.3, 0.4) is 0 Å². The number of ether oxygens (including phenoxy) is 2. The Morgan fingerprint density at radius 3 is 2.23 bits per heavy atom. The molecule has 30 heavy (non-hydrogen) atoms. The van der Waals surface area contributed by atoms with Crippen molar-refractivity contribution in [1.82, 2.24) is 0 Å². The van der Waals surface area contributed by atoms with Crippen LogP contribution in [0.1, 0.15) is 18.5 Å². The average molecular weight is 432 g/mol. The van der Waals surface area contributed by atoms with Crippen molar-refractivity contribution < 1.29 is 32.6 Å². The van der Waals surface area contributed by atoms with E-state index in [-0.39, 0.29) is 16.2 Å². The van der Waals surface area contributed by atoms with Crippen LogP contribution in [0.2, 0.25) is 0 Å². The molecule has 0 bridgehead atoms. The van der Waals surface area contributed by atoms with Crippen LogP contribution in [0.15, 0.2) is 58.7 Å². The Balaban J connectivity index is 2.20. The van der Waals surface area contributed by atoms with Crippen LogP contribution in [-0.4, -0.2) is 39.4 Å². The Morgan fingerprint density at radius 1 is 1.10 bits per heavy atom. The van der Waals surface area contributed by atoms with Crippen molar-refractivity contribution in [2.75, 3.05) is 19.1 Å². The van der Waals surface area contributed by atoms with Gasteiger partial charge >= 0.3 is 0 Å². The predicted octanol–water partition coefficient (Wildman–Crippen LogP) is 1.84. The lowest BCUT2D eigenvalue weighted by Crippen LogP contribution is -2.31. The second-order valence-electron chi connectivity index (χ2n) is 6.54. The van der Waals surface area contributed by atoms with Gasteiger partial charge in [-0.3, -0.25) is 14.5 Å². The van der Waals surface area contributed by atoms with E-state index in [1.165, 1.54) is 50.3 Å². The third-order valence-electron chi connectivity index (χ3n) is 4.77. The average Bonchev–Trinajstić information content (AvgIpc) is 2.97. The third-order valence-corrected chi connectivity index (χ3v) is 5.70. The number of sulfonamides is 1. The summed E-state index contributed by atoms with van der Waals surface area (Å²) in [7, 11) is -1.01. The summed E-state index contributed by atoms with van der Waals surface area (Å²) in [5.41, 5.74) is 0.605. The van der Waals surface area contributed by atoms with Gasteiger partial charge in [-0.25, -0.2) is 13.6 Å². The summed E-state index contributed by atoms with van der Waals surface area (Å²) in [6.07, 6.45) is 0. The largest absolute Gasteiger partial charge is 0.503 e. The molecule has 0 saturated carbocycles. The van der Waals surface area contributed by atoms with Crippen molar-refractivity contribution >= 4 is 27.4 Å². The molecule has 0 aromatic heterocycles. The number of aliphatic hydroxyl groups excluding tert-OH is 1. The van der Waals surface area contributed by atoms with E-state index < -0.39 is 33.5 Å². The summed E-state index contributed by atoms with van der Waals surface area (Å²) in [5, 5.41) is 15.6. The van der Waals surface area contributed by atoms with Crippen molar-refractivity contribution in [3.05, 3.63) is 59.4 Å². The van der Waals surface area contributed by atoms with Gasteiger partial charge in [-0.1, -0.05) is 0 Å². The number of hydrogen-bond acceptors (Lipinski definition) is 7. The first-order valence-electron chi connectivity index (χ1n) is 8.72. The Labute approximate surface area is 173 Å². The zero-order chi connectivity index (χ0) is 22.2. The van der Waals surface area contributed by atoms with E-state index in [0.29, 0.717) is 17.1 Å². The molecule has 0 saturated heterocycles. The minimum absolute atomic E-state index is 0.0982. The molecule has 1 aliphatic heterocycles. The first-order valence-corrected chi connectivity index (χ1v) is 10.3. The number of carbonyl (C=O) groups is 2. The number of nitrogens with two attached hydrogens (primary N) is 1. The molecule has 1 atom stereocenters.